The van der Waals surface area contributed by atoms with E-state index in [0.717, 1.165) is 41.1 Å². The van der Waals surface area contributed by atoms with Crippen LogP contribution in [-0.4, -0.2) is 36.8 Å². The van der Waals surface area contributed by atoms with Crippen molar-refractivity contribution in [3.8, 4) is 5.82 Å². The summed E-state index contributed by atoms with van der Waals surface area (Å²) in [5.41, 5.74) is 4.45. The minimum atomic E-state index is 0.552. The van der Waals surface area contributed by atoms with Gasteiger partial charge in [-0.15, -0.1) is 0 Å². The Bertz CT molecular complexity index is 949. The Balaban J connectivity index is 1.66. The normalized spacial score (nSPS) is 11.7. The van der Waals surface area contributed by atoms with Gasteiger partial charge in [0, 0.05) is 50.0 Å². The van der Waals surface area contributed by atoms with Gasteiger partial charge in [0.05, 0.1) is 12.2 Å². The summed E-state index contributed by atoms with van der Waals surface area (Å²) < 4.78 is 3.86. The van der Waals surface area contributed by atoms with Crippen LogP contribution in [0.1, 0.15) is 35.3 Å². The molecule has 0 aliphatic carbocycles. The van der Waals surface area contributed by atoms with Crippen LogP contribution in [0.5, 0.6) is 0 Å². The van der Waals surface area contributed by atoms with Gasteiger partial charge in [-0.1, -0.05) is 6.07 Å². The number of guanidine groups is 1. The van der Waals surface area contributed by atoms with Crippen molar-refractivity contribution in [2.45, 2.75) is 40.8 Å². The Labute approximate surface area is 165 Å². The molecule has 3 aromatic rings. The van der Waals surface area contributed by atoms with Gasteiger partial charge >= 0.3 is 0 Å². The highest BCUT2D eigenvalue weighted by Gasteiger charge is 2.09. The lowest BCUT2D eigenvalue weighted by Gasteiger charge is -2.12. The molecular weight excluding hydrogens is 352 g/mol. The Morgan fingerprint density at radius 2 is 1.96 bits per heavy atom. The number of hydrogen-bond acceptors (Lipinski definition) is 4. The third-order valence-electron chi connectivity index (χ3n) is 4.74. The number of imidazole rings is 1. The monoisotopic (exact) mass is 380 g/mol. The summed E-state index contributed by atoms with van der Waals surface area (Å²) in [4.78, 5) is 13.4. The molecule has 0 bridgehead atoms. The van der Waals surface area contributed by atoms with E-state index in [1.165, 1.54) is 5.56 Å². The molecule has 0 fully saturated rings. The zero-order chi connectivity index (χ0) is 20.1. The van der Waals surface area contributed by atoms with Gasteiger partial charge in [-0.25, -0.2) is 15.0 Å². The second-order valence-corrected chi connectivity index (χ2v) is 6.69. The van der Waals surface area contributed by atoms with Crippen molar-refractivity contribution in [3.05, 3.63) is 59.1 Å². The standard InChI is InChI=1S/C20H28N8/c1-6-21-20(25-13-18-14(2)26-27(5)15(18)3)24-12-17-7-8-19(23-11-17)28-10-9-22-16(28)4/h7-11H,6,12-13H2,1-5H3,(H2,21,24,25). The third kappa shape index (κ3) is 4.39. The predicted molar refractivity (Wildman–Crippen MR) is 110 cm³/mol. The molecule has 28 heavy (non-hydrogen) atoms. The van der Waals surface area contributed by atoms with E-state index in [1.807, 2.05) is 54.7 Å². The first kappa shape index (κ1) is 19.6. The number of hydrogen-bond donors (Lipinski definition) is 2. The lowest BCUT2D eigenvalue weighted by Crippen LogP contribution is -2.37. The number of aliphatic imine (C=N–C) groups is 1. The summed E-state index contributed by atoms with van der Waals surface area (Å²) in [7, 11) is 1.97. The maximum absolute atomic E-state index is 4.68. The van der Waals surface area contributed by atoms with Crippen molar-refractivity contribution in [3.63, 3.8) is 0 Å². The van der Waals surface area contributed by atoms with Gasteiger partial charge < -0.3 is 10.6 Å². The number of aromatic nitrogens is 5. The quantitative estimate of drug-likeness (QED) is 0.506. The highest BCUT2D eigenvalue weighted by Crippen LogP contribution is 2.11. The van der Waals surface area contributed by atoms with Crippen LogP contribution in [-0.2, 0) is 20.1 Å². The topological polar surface area (TPSA) is 84.9 Å². The van der Waals surface area contributed by atoms with E-state index >= 15 is 0 Å². The molecule has 0 aliphatic rings. The van der Waals surface area contributed by atoms with Gasteiger partial charge in [0.15, 0.2) is 5.96 Å². The lowest BCUT2D eigenvalue weighted by molar-refractivity contribution is 0.728. The number of nitrogens with zero attached hydrogens (tertiary/aromatic N) is 6. The van der Waals surface area contributed by atoms with E-state index < -0.39 is 0 Å². The Morgan fingerprint density at radius 3 is 2.54 bits per heavy atom. The van der Waals surface area contributed by atoms with Gasteiger partial charge in [-0.2, -0.15) is 5.10 Å². The zero-order valence-electron chi connectivity index (χ0n) is 17.2. The van der Waals surface area contributed by atoms with E-state index in [-0.39, 0.29) is 0 Å². The number of aryl methyl sites for hydroxylation is 3. The first-order chi connectivity index (χ1) is 13.5. The van der Waals surface area contributed by atoms with Crippen molar-refractivity contribution in [2.24, 2.45) is 12.0 Å². The van der Waals surface area contributed by atoms with Crippen LogP contribution >= 0.6 is 0 Å². The number of rotatable bonds is 6. The van der Waals surface area contributed by atoms with E-state index in [4.69, 9.17) is 0 Å². The van der Waals surface area contributed by atoms with Gasteiger partial charge in [0.2, 0.25) is 0 Å². The summed E-state index contributed by atoms with van der Waals surface area (Å²) in [6.07, 6.45) is 5.54. The minimum absolute atomic E-state index is 0.552. The summed E-state index contributed by atoms with van der Waals surface area (Å²) >= 11 is 0. The smallest absolute Gasteiger partial charge is 0.191 e. The zero-order valence-corrected chi connectivity index (χ0v) is 17.2. The molecule has 2 N–H and O–H groups in total. The highest BCUT2D eigenvalue weighted by molar-refractivity contribution is 5.79. The first-order valence-electron chi connectivity index (χ1n) is 9.46. The summed E-state index contributed by atoms with van der Waals surface area (Å²) in [6, 6.07) is 4.03. The molecule has 0 aromatic carbocycles. The van der Waals surface area contributed by atoms with Gasteiger partial charge in [-0.3, -0.25) is 9.25 Å². The van der Waals surface area contributed by atoms with Crippen molar-refractivity contribution in [1.82, 2.24) is 34.9 Å². The molecule has 0 radical (unpaired) electrons. The molecule has 0 saturated heterocycles. The largest absolute Gasteiger partial charge is 0.357 e. The highest BCUT2D eigenvalue weighted by atomic mass is 15.3. The van der Waals surface area contributed by atoms with Crippen LogP contribution < -0.4 is 10.6 Å². The average Bonchev–Trinajstić information content (AvgIpc) is 3.21. The molecule has 0 aliphatic heterocycles. The Morgan fingerprint density at radius 1 is 1.14 bits per heavy atom. The Hall–Kier alpha value is -3.16. The van der Waals surface area contributed by atoms with Crippen LogP contribution in [0.2, 0.25) is 0 Å². The Kier molecular flexibility index (Phi) is 6.08. The molecule has 148 valence electrons. The van der Waals surface area contributed by atoms with Crippen molar-refractivity contribution >= 4 is 5.96 Å². The second-order valence-electron chi connectivity index (χ2n) is 6.69. The fourth-order valence-electron chi connectivity index (χ4n) is 3.03. The van der Waals surface area contributed by atoms with E-state index in [9.17, 15) is 0 Å². The van der Waals surface area contributed by atoms with Gasteiger partial charge in [-0.05, 0) is 39.3 Å². The van der Waals surface area contributed by atoms with Crippen LogP contribution in [0.4, 0.5) is 0 Å². The maximum atomic E-state index is 4.68. The molecule has 8 nitrogen and oxygen atoms in total. The lowest BCUT2D eigenvalue weighted by atomic mass is 10.2. The van der Waals surface area contributed by atoms with Crippen LogP contribution in [0.25, 0.3) is 5.82 Å². The van der Waals surface area contributed by atoms with Crippen molar-refractivity contribution < 1.29 is 0 Å². The molecule has 0 amide bonds. The molecule has 3 aromatic heterocycles. The minimum Gasteiger partial charge on any atom is -0.357 e. The molecule has 0 atom stereocenters. The van der Waals surface area contributed by atoms with Crippen molar-refractivity contribution in [2.75, 3.05) is 6.54 Å². The summed E-state index contributed by atoms with van der Waals surface area (Å²) in [5, 5.41) is 11.2. The second kappa shape index (κ2) is 8.69. The SMILES string of the molecule is CCNC(=NCc1ccc(-n2ccnc2C)nc1)NCc1c(C)nn(C)c1C. The molecule has 3 rings (SSSR count). The predicted octanol–water partition coefficient (Wildman–Crippen LogP) is 2.18. The summed E-state index contributed by atoms with van der Waals surface area (Å²) in [5.74, 6) is 2.55. The molecular formula is C20H28N8. The van der Waals surface area contributed by atoms with Crippen LogP contribution in [0, 0.1) is 20.8 Å². The molecule has 3 heterocycles. The molecule has 0 unspecified atom stereocenters. The first-order valence-corrected chi connectivity index (χ1v) is 9.46. The van der Waals surface area contributed by atoms with E-state index in [0.29, 0.717) is 13.1 Å². The van der Waals surface area contributed by atoms with Crippen LogP contribution in [0.3, 0.4) is 0 Å². The molecule has 0 saturated carbocycles. The van der Waals surface area contributed by atoms with Crippen LogP contribution in [0.15, 0.2) is 35.7 Å². The fourth-order valence-corrected chi connectivity index (χ4v) is 3.03. The number of nitrogens with one attached hydrogen (secondary N) is 2. The van der Waals surface area contributed by atoms with E-state index in [2.05, 4.69) is 44.5 Å². The van der Waals surface area contributed by atoms with E-state index in [1.54, 1.807) is 6.20 Å². The number of pyridine rings is 1. The average molecular weight is 381 g/mol. The van der Waals surface area contributed by atoms with Crippen molar-refractivity contribution in [1.29, 1.82) is 0 Å². The fraction of sp³-hybridized carbons (Fsp3) is 0.400. The molecule has 0 spiro atoms. The maximum Gasteiger partial charge on any atom is 0.191 e. The summed E-state index contributed by atoms with van der Waals surface area (Å²) in [6.45, 7) is 10.2. The molecule has 8 heteroatoms. The third-order valence-corrected chi connectivity index (χ3v) is 4.74. The van der Waals surface area contributed by atoms with Gasteiger partial charge in [0.25, 0.3) is 0 Å². The van der Waals surface area contributed by atoms with Gasteiger partial charge in [0.1, 0.15) is 11.6 Å².